The van der Waals surface area contributed by atoms with Gasteiger partial charge >= 0.3 is 0 Å². The molecule has 0 aliphatic carbocycles. The van der Waals surface area contributed by atoms with Crippen molar-refractivity contribution in [3.63, 3.8) is 0 Å². The third kappa shape index (κ3) is 6.23. The lowest BCUT2D eigenvalue weighted by atomic mass is 10.0. The lowest BCUT2D eigenvalue weighted by molar-refractivity contribution is 0.0523. The van der Waals surface area contributed by atoms with E-state index in [1.54, 1.807) is 0 Å². The zero-order chi connectivity index (χ0) is 18.9. The van der Waals surface area contributed by atoms with Crippen molar-refractivity contribution in [1.29, 1.82) is 0 Å². The zero-order valence-electron chi connectivity index (χ0n) is 16.7. The highest BCUT2D eigenvalue weighted by molar-refractivity contribution is 5.37. The minimum absolute atomic E-state index is 0.000704. The third-order valence-corrected chi connectivity index (χ3v) is 5.15. The first-order valence-electron chi connectivity index (χ1n) is 10.00. The van der Waals surface area contributed by atoms with Crippen LogP contribution in [-0.4, -0.2) is 65.4 Å². The molecule has 5 nitrogen and oxygen atoms in total. The number of nitrogens with zero attached hydrogens (tertiary/aromatic N) is 2. The second-order valence-corrected chi connectivity index (χ2v) is 7.65. The van der Waals surface area contributed by atoms with E-state index in [-0.39, 0.29) is 13.2 Å². The number of piperazine rings is 1. The summed E-state index contributed by atoms with van der Waals surface area (Å²) in [5.41, 5.74) is 2.06. The fourth-order valence-corrected chi connectivity index (χ4v) is 3.65. The monoisotopic (exact) mass is 364 g/mol. The molecule has 2 N–H and O–H groups in total. The average molecular weight is 365 g/mol. The minimum atomic E-state index is -0.000704. The van der Waals surface area contributed by atoms with E-state index >= 15 is 0 Å². The Morgan fingerprint density at radius 1 is 1.23 bits per heavy atom. The van der Waals surface area contributed by atoms with E-state index in [0.717, 1.165) is 50.5 Å². The van der Waals surface area contributed by atoms with Gasteiger partial charge in [-0.1, -0.05) is 19.9 Å². The first kappa shape index (κ1) is 21.2. The second kappa shape index (κ2) is 10.9. The van der Waals surface area contributed by atoms with Crippen LogP contribution in [0.15, 0.2) is 18.2 Å². The second-order valence-electron chi connectivity index (χ2n) is 7.65. The van der Waals surface area contributed by atoms with Crippen LogP contribution in [0.5, 0.6) is 5.75 Å². The fourth-order valence-electron chi connectivity index (χ4n) is 3.65. The Balaban J connectivity index is 1.97. The van der Waals surface area contributed by atoms with E-state index in [1.165, 1.54) is 12.0 Å². The van der Waals surface area contributed by atoms with Gasteiger partial charge in [-0.15, -0.1) is 0 Å². The molecule has 26 heavy (non-hydrogen) atoms. The maximum atomic E-state index is 9.60. The van der Waals surface area contributed by atoms with E-state index in [2.05, 4.69) is 35.8 Å². The topological polar surface area (TPSA) is 56.2 Å². The average Bonchev–Trinajstić information content (AvgIpc) is 2.62. The molecule has 0 saturated carbocycles. The number of benzene rings is 1. The summed E-state index contributed by atoms with van der Waals surface area (Å²) >= 11 is 0. The fraction of sp³-hybridized carbons (Fsp3) is 0.714. The molecule has 1 heterocycles. The van der Waals surface area contributed by atoms with E-state index in [4.69, 9.17) is 4.74 Å². The first-order chi connectivity index (χ1) is 12.6. The maximum Gasteiger partial charge on any atom is 0.124 e. The largest absolute Gasteiger partial charge is 0.494 e. The Kier molecular flexibility index (Phi) is 8.85. The molecule has 0 spiro atoms. The molecule has 0 bridgehead atoms. The van der Waals surface area contributed by atoms with Gasteiger partial charge in [-0.25, -0.2) is 0 Å². The summed E-state index contributed by atoms with van der Waals surface area (Å²) in [6, 6.07) is 6.54. The van der Waals surface area contributed by atoms with Crippen molar-refractivity contribution in [1.82, 2.24) is 9.80 Å². The van der Waals surface area contributed by atoms with Crippen molar-refractivity contribution in [2.75, 3.05) is 39.4 Å². The molecule has 1 atom stereocenters. The van der Waals surface area contributed by atoms with Gasteiger partial charge in [-0.3, -0.25) is 9.80 Å². The summed E-state index contributed by atoms with van der Waals surface area (Å²) in [5, 5.41) is 19.1. The summed E-state index contributed by atoms with van der Waals surface area (Å²) in [4.78, 5) is 5.01. The maximum absolute atomic E-state index is 9.60. The molecular weight excluding hydrogens is 328 g/mol. The van der Waals surface area contributed by atoms with E-state index < -0.39 is 0 Å². The van der Waals surface area contributed by atoms with Crippen molar-refractivity contribution in [2.24, 2.45) is 5.92 Å². The van der Waals surface area contributed by atoms with Crippen LogP contribution in [0.3, 0.4) is 0 Å². The van der Waals surface area contributed by atoms with Crippen LogP contribution in [0.2, 0.25) is 0 Å². The van der Waals surface area contributed by atoms with Crippen LogP contribution in [0, 0.1) is 5.92 Å². The number of hydrogen-bond acceptors (Lipinski definition) is 5. The number of aliphatic hydroxyl groups is 2. The van der Waals surface area contributed by atoms with Crippen LogP contribution < -0.4 is 4.74 Å². The zero-order valence-corrected chi connectivity index (χ0v) is 16.7. The molecular formula is C21H36N2O3. The van der Waals surface area contributed by atoms with Crippen LogP contribution in [0.4, 0.5) is 0 Å². The molecule has 1 aliphatic heterocycles. The molecule has 1 fully saturated rings. The van der Waals surface area contributed by atoms with Gasteiger partial charge in [0.25, 0.3) is 0 Å². The van der Waals surface area contributed by atoms with Crippen LogP contribution >= 0.6 is 0 Å². The van der Waals surface area contributed by atoms with Crippen LogP contribution in [-0.2, 0) is 13.2 Å². The van der Waals surface area contributed by atoms with Crippen molar-refractivity contribution in [2.45, 2.75) is 52.8 Å². The van der Waals surface area contributed by atoms with Crippen LogP contribution in [0.25, 0.3) is 0 Å². The Morgan fingerprint density at radius 3 is 2.69 bits per heavy atom. The highest BCUT2D eigenvalue weighted by Gasteiger charge is 2.26. The highest BCUT2D eigenvalue weighted by atomic mass is 16.5. The molecule has 1 aromatic carbocycles. The Labute approximate surface area is 158 Å². The standard InChI is InChI=1S/C21H36N2O3/c1-4-26-21-6-5-18(13-19(21)16-25)14-22-10-11-23(9-7-17(2)3)20(15-22)8-12-24/h5-6,13,17,20,24-25H,4,7-12,14-16H2,1-3H3/t20-/m0/s1. The molecule has 1 aromatic rings. The van der Waals surface area contributed by atoms with Crippen molar-refractivity contribution in [3.05, 3.63) is 29.3 Å². The first-order valence-corrected chi connectivity index (χ1v) is 10.00. The van der Waals surface area contributed by atoms with Gasteiger partial charge in [0.15, 0.2) is 0 Å². The molecule has 0 unspecified atom stereocenters. The third-order valence-electron chi connectivity index (χ3n) is 5.15. The van der Waals surface area contributed by atoms with Gasteiger partial charge in [0.05, 0.1) is 13.2 Å². The normalized spacial score (nSPS) is 19.2. The SMILES string of the molecule is CCOc1ccc(CN2CCN(CCC(C)C)[C@@H](CCO)C2)cc1CO. The predicted octanol–water partition coefficient (Wildman–Crippen LogP) is 2.49. The van der Waals surface area contributed by atoms with E-state index in [1.807, 2.05) is 13.0 Å². The lowest BCUT2D eigenvalue weighted by Gasteiger charge is -2.41. The molecule has 0 radical (unpaired) electrons. The molecule has 1 saturated heterocycles. The van der Waals surface area contributed by atoms with Crippen molar-refractivity contribution >= 4 is 0 Å². The van der Waals surface area contributed by atoms with Crippen LogP contribution in [0.1, 0.15) is 44.7 Å². The van der Waals surface area contributed by atoms with Crippen molar-refractivity contribution < 1.29 is 14.9 Å². The molecule has 2 rings (SSSR count). The molecule has 0 aromatic heterocycles. The number of hydrogen-bond donors (Lipinski definition) is 2. The molecule has 1 aliphatic rings. The Hall–Kier alpha value is -1.14. The van der Waals surface area contributed by atoms with Gasteiger partial charge in [0, 0.05) is 44.4 Å². The smallest absolute Gasteiger partial charge is 0.124 e. The lowest BCUT2D eigenvalue weighted by Crippen LogP contribution is -2.53. The minimum Gasteiger partial charge on any atom is -0.494 e. The summed E-state index contributed by atoms with van der Waals surface area (Å²) in [6.07, 6.45) is 2.04. The summed E-state index contributed by atoms with van der Waals surface area (Å²) < 4.78 is 5.57. The van der Waals surface area contributed by atoms with Gasteiger partial charge in [0.1, 0.15) is 5.75 Å². The number of aliphatic hydroxyl groups excluding tert-OH is 2. The predicted molar refractivity (Wildman–Crippen MR) is 105 cm³/mol. The molecule has 0 amide bonds. The van der Waals surface area contributed by atoms with Crippen molar-refractivity contribution in [3.8, 4) is 5.75 Å². The molecule has 148 valence electrons. The van der Waals surface area contributed by atoms with Gasteiger partial charge in [0.2, 0.25) is 0 Å². The number of ether oxygens (including phenoxy) is 1. The van der Waals surface area contributed by atoms with Gasteiger partial charge < -0.3 is 14.9 Å². The quantitative estimate of drug-likeness (QED) is 0.668. The Morgan fingerprint density at radius 2 is 2.04 bits per heavy atom. The van der Waals surface area contributed by atoms with Gasteiger partial charge in [-0.2, -0.15) is 0 Å². The van der Waals surface area contributed by atoms with E-state index in [0.29, 0.717) is 18.6 Å². The Bertz CT molecular complexity index is 536. The number of rotatable bonds is 10. The summed E-state index contributed by atoms with van der Waals surface area (Å²) in [6.45, 7) is 12.4. The van der Waals surface area contributed by atoms with E-state index in [9.17, 15) is 10.2 Å². The highest BCUT2D eigenvalue weighted by Crippen LogP contribution is 2.23. The molecule has 5 heteroatoms. The summed E-state index contributed by atoms with van der Waals surface area (Å²) in [5.74, 6) is 1.49. The summed E-state index contributed by atoms with van der Waals surface area (Å²) in [7, 11) is 0. The van der Waals surface area contributed by atoms with Gasteiger partial charge in [-0.05, 0) is 49.9 Å².